The van der Waals surface area contributed by atoms with Gasteiger partial charge in [-0.25, -0.2) is 4.79 Å². The molecule has 0 spiro atoms. The van der Waals surface area contributed by atoms with Gasteiger partial charge in [0.15, 0.2) is 0 Å². The van der Waals surface area contributed by atoms with Crippen molar-refractivity contribution >= 4 is 5.97 Å². The second kappa shape index (κ2) is 4.23. The summed E-state index contributed by atoms with van der Waals surface area (Å²) in [6.45, 7) is 2.19. The molecular formula is C11H17NO3. The highest BCUT2D eigenvalue weighted by atomic mass is 16.5. The number of ether oxygens (including phenoxy) is 1. The number of aliphatic hydroxyl groups excluding tert-OH is 1. The van der Waals surface area contributed by atoms with Crippen LogP contribution >= 0.6 is 0 Å². The number of nitrogens with one attached hydrogen (secondary N) is 1. The molecule has 2 aliphatic rings. The van der Waals surface area contributed by atoms with Crippen molar-refractivity contribution in [1.29, 1.82) is 0 Å². The molecular weight excluding hydrogens is 194 g/mol. The van der Waals surface area contributed by atoms with Crippen LogP contribution in [0.3, 0.4) is 0 Å². The van der Waals surface area contributed by atoms with Crippen LogP contribution in [0.5, 0.6) is 0 Å². The fraction of sp³-hybridized carbons (Fsp3) is 0.727. The monoisotopic (exact) mass is 211 g/mol. The van der Waals surface area contributed by atoms with E-state index in [9.17, 15) is 9.90 Å². The molecule has 1 aliphatic heterocycles. The summed E-state index contributed by atoms with van der Waals surface area (Å²) in [5, 5.41) is 12.7. The average Bonchev–Trinajstić information content (AvgIpc) is 2.60. The topological polar surface area (TPSA) is 58.6 Å². The largest absolute Gasteiger partial charge is 0.461 e. The lowest BCUT2D eigenvalue weighted by molar-refractivity contribution is -0.138. The van der Waals surface area contributed by atoms with Gasteiger partial charge < -0.3 is 15.2 Å². The van der Waals surface area contributed by atoms with E-state index in [-0.39, 0.29) is 18.0 Å². The molecule has 0 radical (unpaired) electrons. The molecule has 4 nitrogen and oxygen atoms in total. The molecule has 1 heterocycles. The molecule has 2 N–H and O–H groups in total. The van der Waals surface area contributed by atoms with Crippen molar-refractivity contribution in [3.8, 4) is 0 Å². The number of rotatable bonds is 2. The van der Waals surface area contributed by atoms with Gasteiger partial charge in [-0.1, -0.05) is 0 Å². The lowest BCUT2D eigenvalue weighted by Crippen LogP contribution is -2.36. The van der Waals surface area contributed by atoms with Crippen LogP contribution in [0.4, 0.5) is 0 Å². The maximum atomic E-state index is 11.5. The SMILES string of the molecule is CCOC(=O)C1=CC2CC(O)CCC2N1. The maximum Gasteiger partial charge on any atom is 0.354 e. The van der Waals surface area contributed by atoms with Crippen molar-refractivity contribution in [2.45, 2.75) is 38.3 Å². The second-order valence-electron chi connectivity index (χ2n) is 4.18. The van der Waals surface area contributed by atoms with Crippen LogP contribution in [0.25, 0.3) is 0 Å². The Hall–Kier alpha value is -1.03. The van der Waals surface area contributed by atoms with Gasteiger partial charge >= 0.3 is 5.97 Å². The second-order valence-corrected chi connectivity index (χ2v) is 4.18. The number of carbonyl (C=O) groups excluding carboxylic acids is 1. The van der Waals surface area contributed by atoms with Gasteiger partial charge in [-0.3, -0.25) is 0 Å². The molecule has 0 aromatic rings. The highest BCUT2D eigenvalue weighted by Gasteiger charge is 2.35. The fourth-order valence-corrected chi connectivity index (χ4v) is 2.34. The summed E-state index contributed by atoms with van der Waals surface area (Å²) in [5.41, 5.74) is 0.570. The van der Waals surface area contributed by atoms with Crippen molar-refractivity contribution < 1.29 is 14.6 Å². The van der Waals surface area contributed by atoms with E-state index >= 15 is 0 Å². The Bertz CT molecular complexity index is 288. The summed E-state index contributed by atoms with van der Waals surface area (Å²) >= 11 is 0. The average molecular weight is 211 g/mol. The summed E-state index contributed by atoms with van der Waals surface area (Å²) in [6, 6.07) is 0.313. The number of aliphatic hydroxyl groups is 1. The minimum Gasteiger partial charge on any atom is -0.461 e. The summed E-state index contributed by atoms with van der Waals surface area (Å²) < 4.78 is 4.93. The van der Waals surface area contributed by atoms with Crippen molar-refractivity contribution in [2.75, 3.05) is 6.61 Å². The number of esters is 1. The molecule has 0 aromatic heterocycles. The summed E-state index contributed by atoms with van der Waals surface area (Å²) in [4.78, 5) is 11.5. The van der Waals surface area contributed by atoms with Crippen LogP contribution in [0.2, 0.25) is 0 Å². The molecule has 3 unspecified atom stereocenters. The van der Waals surface area contributed by atoms with Gasteiger partial charge in [0.05, 0.1) is 12.7 Å². The van der Waals surface area contributed by atoms with Crippen molar-refractivity contribution in [1.82, 2.24) is 5.32 Å². The number of fused-ring (bicyclic) bond motifs is 1. The van der Waals surface area contributed by atoms with Gasteiger partial charge in [-0.2, -0.15) is 0 Å². The van der Waals surface area contributed by atoms with Crippen LogP contribution in [-0.2, 0) is 9.53 Å². The van der Waals surface area contributed by atoms with E-state index in [2.05, 4.69) is 5.32 Å². The lowest BCUT2D eigenvalue weighted by atomic mass is 9.85. The van der Waals surface area contributed by atoms with Gasteiger partial charge in [0.25, 0.3) is 0 Å². The van der Waals surface area contributed by atoms with E-state index in [4.69, 9.17) is 4.74 Å². The van der Waals surface area contributed by atoms with Gasteiger partial charge in [0.1, 0.15) is 5.70 Å². The zero-order valence-electron chi connectivity index (χ0n) is 8.90. The molecule has 15 heavy (non-hydrogen) atoms. The minimum absolute atomic E-state index is 0.217. The normalized spacial score (nSPS) is 34.0. The summed E-state index contributed by atoms with van der Waals surface area (Å²) in [6.07, 6.45) is 4.18. The molecule has 1 aliphatic carbocycles. The molecule has 2 rings (SSSR count). The third-order valence-electron chi connectivity index (χ3n) is 3.09. The van der Waals surface area contributed by atoms with Gasteiger partial charge in [-0.05, 0) is 32.3 Å². The lowest BCUT2D eigenvalue weighted by Gasteiger charge is -2.28. The van der Waals surface area contributed by atoms with Crippen molar-refractivity contribution in [3.05, 3.63) is 11.8 Å². The molecule has 0 saturated heterocycles. The molecule has 0 aromatic carbocycles. The molecule has 0 amide bonds. The highest BCUT2D eigenvalue weighted by molar-refractivity contribution is 5.88. The van der Waals surface area contributed by atoms with Crippen LogP contribution in [-0.4, -0.2) is 29.8 Å². The molecule has 84 valence electrons. The van der Waals surface area contributed by atoms with Gasteiger partial charge in [0.2, 0.25) is 0 Å². The van der Waals surface area contributed by atoms with E-state index in [0.717, 1.165) is 19.3 Å². The number of carbonyl (C=O) groups is 1. The third-order valence-corrected chi connectivity index (χ3v) is 3.09. The zero-order chi connectivity index (χ0) is 10.8. The Balaban J connectivity index is 1.99. The highest BCUT2D eigenvalue weighted by Crippen LogP contribution is 2.31. The molecule has 3 atom stereocenters. The van der Waals surface area contributed by atoms with E-state index in [1.165, 1.54) is 0 Å². The van der Waals surface area contributed by atoms with Crippen LogP contribution in [0.15, 0.2) is 11.8 Å². The van der Waals surface area contributed by atoms with Crippen LogP contribution in [0.1, 0.15) is 26.2 Å². The Kier molecular flexibility index (Phi) is 2.95. The smallest absolute Gasteiger partial charge is 0.354 e. The van der Waals surface area contributed by atoms with Crippen LogP contribution < -0.4 is 5.32 Å². The van der Waals surface area contributed by atoms with Crippen LogP contribution in [0, 0.1) is 5.92 Å². The summed E-state index contributed by atoms with van der Waals surface area (Å²) in [7, 11) is 0. The third kappa shape index (κ3) is 2.15. The Morgan fingerprint density at radius 1 is 1.67 bits per heavy atom. The Labute approximate surface area is 89.3 Å². The first-order valence-electron chi connectivity index (χ1n) is 5.54. The minimum atomic E-state index is -0.276. The molecule has 0 bridgehead atoms. The first-order chi connectivity index (χ1) is 7.20. The van der Waals surface area contributed by atoms with Gasteiger partial charge in [-0.15, -0.1) is 0 Å². The number of hydrogen-bond acceptors (Lipinski definition) is 4. The predicted molar refractivity (Wildman–Crippen MR) is 55.0 cm³/mol. The quantitative estimate of drug-likeness (QED) is 0.655. The van der Waals surface area contributed by atoms with Crippen molar-refractivity contribution in [3.63, 3.8) is 0 Å². The van der Waals surface area contributed by atoms with Crippen molar-refractivity contribution in [2.24, 2.45) is 5.92 Å². The predicted octanol–water partition coefficient (Wildman–Crippen LogP) is 0.566. The van der Waals surface area contributed by atoms with E-state index in [0.29, 0.717) is 18.3 Å². The molecule has 4 heteroatoms. The van der Waals surface area contributed by atoms with E-state index in [1.54, 1.807) is 6.92 Å². The summed E-state index contributed by atoms with van der Waals surface area (Å²) in [5.74, 6) is 0.00884. The van der Waals surface area contributed by atoms with E-state index < -0.39 is 0 Å². The number of hydrogen-bond donors (Lipinski definition) is 2. The van der Waals surface area contributed by atoms with E-state index in [1.807, 2.05) is 6.08 Å². The maximum absolute atomic E-state index is 11.5. The molecule has 1 fully saturated rings. The van der Waals surface area contributed by atoms with Gasteiger partial charge in [0, 0.05) is 12.0 Å². The fourth-order valence-electron chi connectivity index (χ4n) is 2.34. The first-order valence-corrected chi connectivity index (χ1v) is 5.54. The standard InChI is InChI=1S/C11H17NO3/c1-2-15-11(14)10-6-7-5-8(13)3-4-9(7)12-10/h6-9,12-13H,2-5H2,1H3. The zero-order valence-corrected chi connectivity index (χ0v) is 8.90. The Morgan fingerprint density at radius 3 is 3.20 bits per heavy atom. The first kappa shape index (κ1) is 10.5. The Morgan fingerprint density at radius 2 is 2.47 bits per heavy atom. The molecule has 1 saturated carbocycles.